The van der Waals surface area contributed by atoms with Crippen molar-refractivity contribution in [2.45, 2.75) is 38.7 Å². The molecule has 0 unspecified atom stereocenters. The van der Waals surface area contributed by atoms with E-state index in [-0.39, 0.29) is 19.6 Å². The van der Waals surface area contributed by atoms with Crippen LogP contribution in [0.1, 0.15) is 38.7 Å². The molecule has 0 amide bonds. The zero-order valence-corrected chi connectivity index (χ0v) is 15.8. The summed E-state index contributed by atoms with van der Waals surface area (Å²) in [6.07, 6.45) is -0.336. The lowest BCUT2D eigenvalue weighted by Gasteiger charge is -2.43. The average Bonchev–Trinajstić information content (AvgIpc) is 2.53. The van der Waals surface area contributed by atoms with Crippen molar-refractivity contribution in [2.75, 3.05) is 13.2 Å². The summed E-state index contributed by atoms with van der Waals surface area (Å²) in [5.74, 6) is -5.09. The molecule has 26 heavy (non-hydrogen) atoms. The van der Waals surface area contributed by atoms with Crippen LogP contribution in [0.3, 0.4) is 0 Å². The van der Waals surface area contributed by atoms with Gasteiger partial charge in [-0.3, -0.25) is 14.4 Å². The smallest absolute Gasteiger partial charge is 0.317 e. The first-order chi connectivity index (χ1) is 12.2. The quantitative estimate of drug-likeness (QED) is 0.621. The number of aliphatic hydroxyl groups is 1. The van der Waals surface area contributed by atoms with Crippen LogP contribution in [0.2, 0.25) is 5.02 Å². The second-order valence-corrected chi connectivity index (χ2v) is 6.98. The number of ketones is 1. The number of carbonyl (C=O) groups excluding carboxylic acids is 3. The Kier molecular flexibility index (Phi) is 6.42. The Morgan fingerprint density at radius 2 is 1.85 bits per heavy atom. The maximum atomic E-state index is 12.7. The van der Waals surface area contributed by atoms with E-state index in [4.69, 9.17) is 21.1 Å². The third-order valence-electron chi connectivity index (χ3n) is 4.58. The molecule has 0 saturated heterocycles. The maximum absolute atomic E-state index is 12.7. The summed E-state index contributed by atoms with van der Waals surface area (Å²) < 4.78 is 10.2. The molecule has 1 aliphatic carbocycles. The second-order valence-electron chi connectivity index (χ2n) is 6.54. The van der Waals surface area contributed by atoms with E-state index in [2.05, 4.69) is 0 Å². The first-order valence-electron chi connectivity index (χ1n) is 8.56. The van der Waals surface area contributed by atoms with E-state index < -0.39 is 41.1 Å². The standard InChI is InChI=1S/C19H23ClO6/c1-4-25-17(22)15-13(21)10-19(3,24)16(18(23)26-5-2)14(15)11-7-6-8-12(20)9-11/h6-9,14-16,24H,4-5,10H2,1-3H3/t14-,15-,16+,19+/m1/s1. The fraction of sp³-hybridized carbons (Fsp3) is 0.526. The van der Waals surface area contributed by atoms with E-state index in [1.807, 2.05) is 0 Å². The molecule has 1 aromatic rings. The van der Waals surface area contributed by atoms with Crippen molar-refractivity contribution in [1.82, 2.24) is 0 Å². The van der Waals surface area contributed by atoms with Crippen molar-refractivity contribution >= 4 is 29.3 Å². The number of benzene rings is 1. The van der Waals surface area contributed by atoms with Crippen LogP contribution in [0.5, 0.6) is 0 Å². The molecule has 142 valence electrons. The number of rotatable bonds is 5. The molecule has 1 fully saturated rings. The Hall–Kier alpha value is -1.92. The van der Waals surface area contributed by atoms with Crippen molar-refractivity contribution in [3.8, 4) is 0 Å². The Balaban J connectivity index is 2.61. The minimum atomic E-state index is -1.65. The summed E-state index contributed by atoms with van der Waals surface area (Å²) in [6.45, 7) is 4.92. The molecular formula is C19H23ClO6. The molecule has 1 aliphatic rings. The highest BCUT2D eigenvalue weighted by Crippen LogP contribution is 2.47. The number of hydrogen-bond acceptors (Lipinski definition) is 6. The van der Waals surface area contributed by atoms with E-state index in [0.717, 1.165) is 0 Å². The number of hydrogen-bond donors (Lipinski definition) is 1. The molecule has 0 aliphatic heterocycles. The minimum Gasteiger partial charge on any atom is -0.466 e. The third kappa shape index (κ3) is 4.07. The Bertz CT molecular complexity index is 699. The number of halogens is 1. The Morgan fingerprint density at radius 1 is 1.23 bits per heavy atom. The van der Waals surface area contributed by atoms with Gasteiger partial charge in [-0.05, 0) is 38.5 Å². The fourth-order valence-corrected chi connectivity index (χ4v) is 3.79. The summed E-state index contributed by atoms with van der Waals surface area (Å²) in [5, 5.41) is 11.2. The molecule has 0 bridgehead atoms. The van der Waals surface area contributed by atoms with Crippen molar-refractivity contribution in [3.05, 3.63) is 34.9 Å². The normalized spacial score (nSPS) is 28.5. The molecule has 4 atom stereocenters. The summed E-state index contributed by atoms with van der Waals surface area (Å²) in [5.41, 5.74) is -1.15. The molecule has 0 spiro atoms. The van der Waals surface area contributed by atoms with Crippen molar-refractivity contribution < 1.29 is 29.0 Å². The van der Waals surface area contributed by atoms with E-state index >= 15 is 0 Å². The summed E-state index contributed by atoms with van der Waals surface area (Å²) in [6, 6.07) is 6.56. The average molecular weight is 383 g/mol. The molecule has 0 heterocycles. The van der Waals surface area contributed by atoms with Crippen LogP contribution in [0.25, 0.3) is 0 Å². The molecule has 1 saturated carbocycles. The SMILES string of the molecule is CCOC(=O)[C@@H]1C(=O)C[C@](C)(O)[C@H](C(=O)OCC)[C@@H]1c1cccc(Cl)c1. The molecule has 1 aromatic carbocycles. The van der Waals surface area contributed by atoms with Gasteiger partial charge < -0.3 is 14.6 Å². The van der Waals surface area contributed by atoms with Crippen LogP contribution in [-0.2, 0) is 23.9 Å². The monoisotopic (exact) mass is 382 g/mol. The van der Waals surface area contributed by atoms with Crippen LogP contribution in [0, 0.1) is 11.8 Å². The zero-order valence-electron chi connectivity index (χ0n) is 15.0. The molecule has 0 aromatic heterocycles. The highest BCUT2D eigenvalue weighted by atomic mass is 35.5. The van der Waals surface area contributed by atoms with Gasteiger partial charge in [-0.15, -0.1) is 0 Å². The van der Waals surface area contributed by atoms with Crippen LogP contribution >= 0.6 is 11.6 Å². The fourth-order valence-electron chi connectivity index (χ4n) is 3.59. The van der Waals surface area contributed by atoms with Gasteiger partial charge in [0.05, 0.1) is 24.7 Å². The summed E-state index contributed by atoms with van der Waals surface area (Å²) in [4.78, 5) is 37.8. The van der Waals surface area contributed by atoms with Gasteiger partial charge >= 0.3 is 11.9 Å². The first kappa shape index (κ1) is 20.4. The molecule has 2 rings (SSSR count). The van der Waals surface area contributed by atoms with Crippen molar-refractivity contribution in [2.24, 2.45) is 11.8 Å². The molecule has 0 radical (unpaired) electrons. The van der Waals surface area contributed by atoms with E-state index in [0.29, 0.717) is 10.6 Å². The summed E-state index contributed by atoms with van der Waals surface area (Å²) >= 11 is 6.07. The van der Waals surface area contributed by atoms with Crippen molar-refractivity contribution in [3.63, 3.8) is 0 Å². The first-order valence-corrected chi connectivity index (χ1v) is 8.94. The minimum absolute atomic E-state index is 0.103. The Morgan fingerprint density at radius 3 is 2.42 bits per heavy atom. The molecular weight excluding hydrogens is 360 g/mol. The number of esters is 2. The lowest BCUT2D eigenvalue weighted by atomic mass is 9.62. The van der Waals surface area contributed by atoms with Gasteiger partial charge in [-0.1, -0.05) is 23.7 Å². The van der Waals surface area contributed by atoms with Crippen LogP contribution in [-0.4, -0.2) is 41.6 Å². The van der Waals surface area contributed by atoms with Crippen LogP contribution in [0.4, 0.5) is 0 Å². The number of Topliss-reactive ketones (excluding diaryl/α,β-unsaturated/α-hetero) is 1. The van der Waals surface area contributed by atoms with Gasteiger partial charge in [0, 0.05) is 17.4 Å². The van der Waals surface area contributed by atoms with Gasteiger partial charge in [-0.2, -0.15) is 0 Å². The van der Waals surface area contributed by atoms with Crippen LogP contribution in [0.15, 0.2) is 24.3 Å². The van der Waals surface area contributed by atoms with E-state index in [1.165, 1.54) is 6.92 Å². The predicted molar refractivity (Wildman–Crippen MR) is 94.7 cm³/mol. The van der Waals surface area contributed by atoms with E-state index in [1.54, 1.807) is 38.1 Å². The Labute approximate surface area is 157 Å². The highest BCUT2D eigenvalue weighted by molar-refractivity contribution is 6.30. The third-order valence-corrected chi connectivity index (χ3v) is 4.82. The van der Waals surface area contributed by atoms with Crippen molar-refractivity contribution in [1.29, 1.82) is 0 Å². The second kappa shape index (κ2) is 8.18. The molecule has 6 nitrogen and oxygen atoms in total. The van der Waals surface area contributed by atoms with Crippen LogP contribution < -0.4 is 0 Å². The van der Waals surface area contributed by atoms with Gasteiger partial charge in [-0.25, -0.2) is 0 Å². The molecule has 1 N–H and O–H groups in total. The summed E-state index contributed by atoms with van der Waals surface area (Å²) in [7, 11) is 0. The van der Waals surface area contributed by atoms with Gasteiger partial charge in [0.15, 0.2) is 5.78 Å². The molecule has 7 heteroatoms. The number of ether oxygens (including phenoxy) is 2. The lowest BCUT2D eigenvalue weighted by molar-refractivity contribution is -0.172. The van der Waals surface area contributed by atoms with E-state index in [9.17, 15) is 19.5 Å². The topological polar surface area (TPSA) is 89.9 Å². The van der Waals surface area contributed by atoms with Gasteiger partial charge in [0.2, 0.25) is 0 Å². The maximum Gasteiger partial charge on any atom is 0.317 e. The van der Waals surface area contributed by atoms with Gasteiger partial charge in [0.1, 0.15) is 5.92 Å². The predicted octanol–water partition coefficient (Wildman–Crippen LogP) is 2.51. The highest BCUT2D eigenvalue weighted by Gasteiger charge is 2.57. The lowest BCUT2D eigenvalue weighted by Crippen LogP contribution is -2.55. The van der Waals surface area contributed by atoms with Gasteiger partial charge in [0.25, 0.3) is 0 Å². The zero-order chi connectivity index (χ0) is 19.5. The number of carbonyl (C=O) groups is 3. The largest absolute Gasteiger partial charge is 0.466 e.